The monoisotopic (exact) mass is 609 g/mol. The second kappa shape index (κ2) is 12.4. The Balaban J connectivity index is 1.64. The van der Waals surface area contributed by atoms with E-state index in [9.17, 15) is 9.59 Å². The van der Waals surface area contributed by atoms with Crippen molar-refractivity contribution in [2.45, 2.75) is 38.0 Å². The molecule has 0 aliphatic heterocycles. The number of rotatable bonds is 10. The third-order valence-corrected chi connectivity index (χ3v) is 6.71. The van der Waals surface area contributed by atoms with E-state index in [1.165, 1.54) is 11.8 Å². The number of thioether (sulfide) groups is 1. The molecule has 0 aliphatic rings. The van der Waals surface area contributed by atoms with Gasteiger partial charge >= 0.3 is 0 Å². The molecule has 3 aromatic rings. The van der Waals surface area contributed by atoms with E-state index in [-0.39, 0.29) is 30.0 Å². The number of aromatic nitrogens is 3. The smallest absolute Gasteiger partial charge is 0.251 e. The number of hydrogen-bond acceptors (Lipinski definition) is 5. The minimum absolute atomic E-state index is 0.128. The van der Waals surface area contributed by atoms with Gasteiger partial charge in [-0.05, 0) is 70.5 Å². The highest BCUT2D eigenvalue weighted by atomic mass is 127. The van der Waals surface area contributed by atoms with Crippen molar-refractivity contribution < 1.29 is 9.59 Å². The van der Waals surface area contributed by atoms with Gasteiger partial charge in [-0.25, -0.2) is 0 Å². The Morgan fingerprint density at radius 2 is 2.03 bits per heavy atom. The van der Waals surface area contributed by atoms with Crippen LogP contribution < -0.4 is 10.6 Å². The fourth-order valence-corrected chi connectivity index (χ4v) is 4.67. The topological polar surface area (TPSA) is 88.9 Å². The summed E-state index contributed by atoms with van der Waals surface area (Å²) in [7, 11) is 0. The number of nitrogens with one attached hydrogen (secondary N) is 2. The molecular formula is C24H25ClIN5O2S. The van der Waals surface area contributed by atoms with Crippen molar-refractivity contribution in [2.75, 3.05) is 11.1 Å². The highest BCUT2D eigenvalue weighted by Crippen LogP contribution is 2.27. The van der Waals surface area contributed by atoms with Gasteiger partial charge < -0.3 is 15.2 Å². The van der Waals surface area contributed by atoms with Crippen LogP contribution in [0.2, 0.25) is 5.02 Å². The molecule has 3 rings (SSSR count). The van der Waals surface area contributed by atoms with Gasteiger partial charge in [0.25, 0.3) is 5.91 Å². The highest BCUT2D eigenvalue weighted by molar-refractivity contribution is 14.1. The van der Waals surface area contributed by atoms with Gasteiger partial charge in [0.15, 0.2) is 11.0 Å². The van der Waals surface area contributed by atoms with Crippen molar-refractivity contribution in [1.82, 2.24) is 20.1 Å². The molecule has 0 saturated carbocycles. The van der Waals surface area contributed by atoms with Crippen LogP contribution >= 0.6 is 46.0 Å². The summed E-state index contributed by atoms with van der Waals surface area (Å²) in [5.74, 6) is 0.643. The number of carbonyl (C=O) groups is 2. The maximum Gasteiger partial charge on any atom is 0.251 e. The second-order valence-corrected chi connectivity index (χ2v) is 10.3. The molecule has 1 heterocycles. The van der Waals surface area contributed by atoms with Gasteiger partial charge in [-0.15, -0.1) is 16.8 Å². The Hall–Kier alpha value is -2.37. The Morgan fingerprint density at radius 1 is 1.24 bits per heavy atom. The van der Waals surface area contributed by atoms with E-state index in [4.69, 9.17) is 11.6 Å². The summed E-state index contributed by atoms with van der Waals surface area (Å²) in [4.78, 5) is 25.1. The zero-order chi connectivity index (χ0) is 24.7. The molecule has 2 N–H and O–H groups in total. The minimum Gasteiger partial charge on any atom is -0.345 e. The van der Waals surface area contributed by atoms with Crippen LogP contribution in [0.5, 0.6) is 0 Å². The molecule has 178 valence electrons. The van der Waals surface area contributed by atoms with E-state index in [0.29, 0.717) is 28.1 Å². The lowest BCUT2D eigenvalue weighted by atomic mass is 10.0. The fourth-order valence-electron chi connectivity index (χ4n) is 3.20. The first-order valence-corrected chi connectivity index (χ1v) is 13.0. The maximum absolute atomic E-state index is 12.6. The largest absolute Gasteiger partial charge is 0.345 e. The van der Waals surface area contributed by atoms with Crippen LogP contribution in [-0.2, 0) is 17.9 Å². The zero-order valence-electron chi connectivity index (χ0n) is 18.8. The van der Waals surface area contributed by atoms with Crippen molar-refractivity contribution in [2.24, 2.45) is 0 Å². The Kier molecular flexibility index (Phi) is 9.54. The van der Waals surface area contributed by atoms with Gasteiger partial charge in [-0.3, -0.25) is 9.59 Å². The number of hydrogen-bond donors (Lipinski definition) is 2. The third kappa shape index (κ3) is 7.07. The van der Waals surface area contributed by atoms with Gasteiger partial charge in [0.2, 0.25) is 5.91 Å². The summed E-state index contributed by atoms with van der Waals surface area (Å²) in [5.41, 5.74) is 2.38. The molecule has 7 nitrogen and oxygen atoms in total. The summed E-state index contributed by atoms with van der Waals surface area (Å²) in [6.07, 6.45) is 1.72. The molecule has 0 fully saturated rings. The van der Waals surface area contributed by atoms with E-state index >= 15 is 0 Å². The predicted octanol–water partition coefficient (Wildman–Crippen LogP) is 5.51. The van der Waals surface area contributed by atoms with Crippen LogP contribution in [0.3, 0.4) is 0 Å². The first-order chi connectivity index (χ1) is 16.3. The van der Waals surface area contributed by atoms with Crippen molar-refractivity contribution in [3.8, 4) is 0 Å². The lowest BCUT2D eigenvalue weighted by molar-refractivity contribution is -0.113. The summed E-state index contributed by atoms with van der Waals surface area (Å²) >= 11 is 9.52. The summed E-state index contributed by atoms with van der Waals surface area (Å²) < 4.78 is 2.95. The van der Waals surface area contributed by atoms with Gasteiger partial charge in [0.1, 0.15) is 0 Å². The average Bonchev–Trinajstić information content (AvgIpc) is 3.18. The molecule has 0 atom stereocenters. The van der Waals surface area contributed by atoms with Gasteiger partial charge in [-0.1, -0.05) is 49.4 Å². The summed E-state index contributed by atoms with van der Waals surface area (Å²) in [6, 6.07) is 12.7. The fraction of sp³-hybridized carbons (Fsp3) is 0.250. The van der Waals surface area contributed by atoms with E-state index in [0.717, 1.165) is 14.8 Å². The van der Waals surface area contributed by atoms with Crippen LogP contribution in [0.4, 0.5) is 5.69 Å². The summed E-state index contributed by atoms with van der Waals surface area (Å²) in [6.45, 7) is 8.61. The van der Waals surface area contributed by atoms with E-state index < -0.39 is 0 Å². The van der Waals surface area contributed by atoms with E-state index in [1.807, 2.05) is 16.7 Å². The molecule has 34 heavy (non-hydrogen) atoms. The summed E-state index contributed by atoms with van der Waals surface area (Å²) in [5, 5.41) is 15.3. The number of nitrogens with zero attached hydrogens (tertiary/aromatic N) is 3. The molecule has 10 heteroatoms. The van der Waals surface area contributed by atoms with Crippen molar-refractivity contribution >= 4 is 63.5 Å². The molecule has 0 bridgehead atoms. The molecule has 0 spiro atoms. The van der Waals surface area contributed by atoms with Gasteiger partial charge in [0.05, 0.1) is 12.3 Å². The number of allylic oxidation sites excluding steroid dienone is 1. The normalized spacial score (nSPS) is 10.9. The standard InChI is InChI=1S/C24H25ClIN5O2S/c1-4-10-31-21(13-27-23(33)16-6-5-7-17(25)11-16)29-30-24(31)34-14-22(32)28-20-9-8-18(26)12-19(20)15(2)3/h4-9,11-12,15H,1,10,13-14H2,2-3H3,(H,27,33)(H,28,32). The third-order valence-electron chi connectivity index (χ3n) is 4.84. The zero-order valence-corrected chi connectivity index (χ0v) is 22.6. The van der Waals surface area contributed by atoms with Crippen LogP contribution in [0.25, 0.3) is 0 Å². The molecule has 0 radical (unpaired) electrons. The first-order valence-electron chi connectivity index (χ1n) is 10.6. The number of benzene rings is 2. The molecule has 2 amide bonds. The van der Waals surface area contributed by atoms with Crippen molar-refractivity contribution in [3.63, 3.8) is 0 Å². The van der Waals surface area contributed by atoms with Crippen molar-refractivity contribution in [3.05, 3.63) is 80.7 Å². The number of carbonyl (C=O) groups excluding carboxylic acids is 2. The molecule has 0 saturated heterocycles. The molecular weight excluding hydrogens is 585 g/mol. The molecule has 1 aromatic heterocycles. The number of anilines is 1. The van der Waals surface area contributed by atoms with Crippen LogP contribution in [-0.4, -0.2) is 32.3 Å². The average molecular weight is 610 g/mol. The number of halogens is 2. The van der Waals surface area contributed by atoms with E-state index in [1.54, 1.807) is 30.3 Å². The van der Waals surface area contributed by atoms with Gasteiger partial charge in [-0.2, -0.15) is 0 Å². The SMILES string of the molecule is C=CCn1c(CNC(=O)c2cccc(Cl)c2)nnc1SCC(=O)Nc1ccc(I)cc1C(C)C. The maximum atomic E-state index is 12.6. The van der Waals surface area contributed by atoms with Crippen LogP contribution in [0, 0.1) is 3.57 Å². The first kappa shape index (κ1) is 26.2. The molecule has 0 aliphatic carbocycles. The lowest BCUT2D eigenvalue weighted by Gasteiger charge is -2.14. The second-order valence-electron chi connectivity index (χ2n) is 7.71. The highest BCUT2D eigenvalue weighted by Gasteiger charge is 2.16. The quantitative estimate of drug-likeness (QED) is 0.180. The van der Waals surface area contributed by atoms with E-state index in [2.05, 4.69) is 69.9 Å². The predicted molar refractivity (Wildman–Crippen MR) is 145 cm³/mol. The molecule has 2 aromatic carbocycles. The lowest BCUT2D eigenvalue weighted by Crippen LogP contribution is -2.24. The molecule has 0 unspecified atom stereocenters. The Labute approximate surface area is 221 Å². The van der Waals surface area contributed by atoms with Crippen LogP contribution in [0.15, 0.2) is 60.3 Å². The number of amides is 2. The Morgan fingerprint density at radius 3 is 2.74 bits per heavy atom. The minimum atomic E-state index is -0.261. The van der Waals surface area contributed by atoms with Crippen molar-refractivity contribution in [1.29, 1.82) is 0 Å². The Bertz CT molecular complexity index is 1200. The van der Waals surface area contributed by atoms with Gasteiger partial charge in [0, 0.05) is 26.4 Å². The van der Waals surface area contributed by atoms with Crippen LogP contribution in [0.1, 0.15) is 41.5 Å².